The van der Waals surface area contributed by atoms with Gasteiger partial charge in [-0.05, 0) is 24.1 Å². The number of rotatable bonds is 1. The van der Waals surface area contributed by atoms with Crippen LogP contribution in [-0.2, 0) is 6.42 Å². The van der Waals surface area contributed by atoms with Crippen LogP contribution in [0.4, 0.5) is 0 Å². The van der Waals surface area contributed by atoms with Crippen molar-refractivity contribution in [1.29, 1.82) is 0 Å². The zero-order valence-electron chi connectivity index (χ0n) is 7.10. The van der Waals surface area contributed by atoms with Crippen molar-refractivity contribution in [3.63, 3.8) is 0 Å². The monoisotopic (exact) mass is 270 g/mol. The highest BCUT2D eigenvalue weighted by Crippen LogP contribution is 2.04. The molecule has 0 radical (unpaired) electrons. The minimum atomic E-state index is 0.897. The van der Waals surface area contributed by atoms with Gasteiger partial charge in [-0.3, -0.25) is 0 Å². The van der Waals surface area contributed by atoms with E-state index in [4.69, 9.17) is 0 Å². The van der Waals surface area contributed by atoms with Crippen LogP contribution in [0.5, 0.6) is 0 Å². The van der Waals surface area contributed by atoms with Gasteiger partial charge in [0.05, 0.1) is 4.43 Å². The molecule has 1 heteroatoms. The molecule has 0 bridgehead atoms. The van der Waals surface area contributed by atoms with Crippen LogP contribution < -0.4 is 0 Å². The van der Waals surface area contributed by atoms with E-state index in [0.717, 1.165) is 16.4 Å². The van der Waals surface area contributed by atoms with E-state index in [9.17, 15) is 0 Å². The lowest BCUT2D eigenvalue weighted by Crippen LogP contribution is -1.81. The second kappa shape index (κ2) is 5.21. The van der Waals surface area contributed by atoms with Crippen molar-refractivity contribution in [1.82, 2.24) is 0 Å². The second-order valence-electron chi connectivity index (χ2n) is 2.49. The molecule has 0 aromatic heterocycles. The Hall–Kier alpha value is -0.490. The van der Waals surface area contributed by atoms with Crippen LogP contribution >= 0.6 is 22.6 Å². The molecule has 0 saturated heterocycles. The molecule has 0 heterocycles. The predicted molar refractivity (Wildman–Crippen MR) is 61.6 cm³/mol. The molecule has 0 aliphatic heterocycles. The Morgan fingerprint density at radius 2 is 2.25 bits per heavy atom. The summed E-state index contributed by atoms with van der Waals surface area (Å²) in [6.45, 7) is 2.16. The van der Waals surface area contributed by atoms with Crippen LogP contribution in [0, 0.1) is 11.8 Å². The van der Waals surface area contributed by atoms with Crippen LogP contribution in [0.3, 0.4) is 0 Å². The van der Waals surface area contributed by atoms with E-state index < -0.39 is 0 Å². The molecule has 0 saturated carbocycles. The van der Waals surface area contributed by atoms with Gasteiger partial charge in [0.2, 0.25) is 0 Å². The van der Waals surface area contributed by atoms with Crippen molar-refractivity contribution in [2.45, 2.75) is 13.3 Å². The zero-order valence-corrected chi connectivity index (χ0v) is 9.26. The largest absolute Gasteiger partial charge is 0.0872 e. The highest BCUT2D eigenvalue weighted by atomic mass is 127. The molecule has 0 nitrogen and oxygen atoms in total. The number of hydrogen-bond donors (Lipinski definition) is 0. The quantitative estimate of drug-likeness (QED) is 0.418. The minimum absolute atomic E-state index is 0.897. The van der Waals surface area contributed by atoms with Crippen LogP contribution in [0.1, 0.15) is 18.1 Å². The van der Waals surface area contributed by atoms with Crippen LogP contribution in [-0.4, -0.2) is 4.43 Å². The molecular formula is C11H11I. The van der Waals surface area contributed by atoms with Gasteiger partial charge in [-0.15, -0.1) is 0 Å². The van der Waals surface area contributed by atoms with Crippen LogP contribution in [0.25, 0.3) is 0 Å². The smallest absolute Gasteiger partial charge is 0.0613 e. The summed E-state index contributed by atoms with van der Waals surface area (Å²) in [7, 11) is 0. The Kier molecular flexibility index (Phi) is 4.16. The highest BCUT2D eigenvalue weighted by molar-refractivity contribution is 14.1. The maximum absolute atomic E-state index is 3.11. The number of halogens is 1. The standard InChI is InChI=1S/C11H11I/c1-2-10-5-3-6-11(9-10)7-4-8-12/h3,5-6,9H,2,8H2,1H3. The van der Waals surface area contributed by atoms with Gasteiger partial charge in [-0.1, -0.05) is 53.5 Å². The molecule has 62 valence electrons. The van der Waals surface area contributed by atoms with Gasteiger partial charge >= 0.3 is 0 Å². The van der Waals surface area contributed by atoms with Gasteiger partial charge in [0.15, 0.2) is 0 Å². The SMILES string of the molecule is CCc1cccc(C#CCI)c1. The minimum Gasteiger partial charge on any atom is -0.0872 e. The summed E-state index contributed by atoms with van der Waals surface area (Å²) in [5, 5.41) is 0. The fourth-order valence-electron chi connectivity index (χ4n) is 1.00. The van der Waals surface area contributed by atoms with Crippen molar-refractivity contribution in [2.75, 3.05) is 4.43 Å². The van der Waals surface area contributed by atoms with Crippen molar-refractivity contribution in [3.05, 3.63) is 35.4 Å². The maximum atomic E-state index is 3.11. The Labute approximate surface area is 87.5 Å². The van der Waals surface area contributed by atoms with E-state index >= 15 is 0 Å². The first-order valence-corrected chi connectivity index (χ1v) is 5.53. The molecule has 1 aromatic rings. The molecule has 1 aromatic carbocycles. The molecule has 0 atom stereocenters. The fourth-order valence-corrected chi connectivity index (χ4v) is 1.20. The van der Waals surface area contributed by atoms with Crippen molar-refractivity contribution < 1.29 is 0 Å². The lowest BCUT2D eigenvalue weighted by atomic mass is 10.1. The molecule has 0 amide bonds. The van der Waals surface area contributed by atoms with E-state index in [-0.39, 0.29) is 0 Å². The summed E-state index contributed by atoms with van der Waals surface area (Å²) in [5.41, 5.74) is 2.49. The van der Waals surface area contributed by atoms with E-state index in [1.807, 2.05) is 0 Å². The first kappa shape index (κ1) is 9.60. The summed E-state index contributed by atoms with van der Waals surface area (Å²) in [6, 6.07) is 8.41. The molecule has 0 unspecified atom stereocenters. The van der Waals surface area contributed by atoms with Gasteiger partial charge in [0.25, 0.3) is 0 Å². The predicted octanol–water partition coefficient (Wildman–Crippen LogP) is 3.04. The Bertz CT molecular complexity index is 304. The van der Waals surface area contributed by atoms with Crippen molar-refractivity contribution >= 4 is 22.6 Å². The molecule has 0 aliphatic carbocycles. The number of benzene rings is 1. The zero-order chi connectivity index (χ0) is 8.81. The lowest BCUT2D eigenvalue weighted by molar-refractivity contribution is 1.14. The number of aryl methyl sites for hydroxylation is 1. The Balaban J connectivity index is 2.86. The van der Waals surface area contributed by atoms with Gasteiger partial charge < -0.3 is 0 Å². The van der Waals surface area contributed by atoms with Crippen molar-refractivity contribution in [3.8, 4) is 11.8 Å². The average Bonchev–Trinajstić information content (AvgIpc) is 2.15. The van der Waals surface area contributed by atoms with E-state index in [2.05, 4.69) is 65.6 Å². The lowest BCUT2D eigenvalue weighted by Gasteiger charge is -1.95. The Morgan fingerprint density at radius 1 is 1.42 bits per heavy atom. The van der Waals surface area contributed by atoms with Crippen molar-refractivity contribution in [2.24, 2.45) is 0 Å². The average molecular weight is 270 g/mol. The van der Waals surface area contributed by atoms with Gasteiger partial charge in [-0.25, -0.2) is 0 Å². The molecule has 12 heavy (non-hydrogen) atoms. The summed E-state index contributed by atoms with van der Waals surface area (Å²) < 4.78 is 0.897. The third kappa shape index (κ3) is 2.86. The van der Waals surface area contributed by atoms with E-state index in [0.29, 0.717) is 0 Å². The third-order valence-electron chi connectivity index (χ3n) is 1.63. The molecule has 0 fully saturated rings. The summed E-state index contributed by atoms with van der Waals surface area (Å²) in [6.07, 6.45) is 1.08. The fraction of sp³-hybridized carbons (Fsp3) is 0.273. The van der Waals surface area contributed by atoms with E-state index in [1.165, 1.54) is 5.56 Å². The normalized spacial score (nSPS) is 8.83. The second-order valence-corrected chi connectivity index (χ2v) is 3.25. The van der Waals surface area contributed by atoms with Gasteiger partial charge in [0, 0.05) is 5.56 Å². The topological polar surface area (TPSA) is 0 Å². The summed E-state index contributed by atoms with van der Waals surface area (Å²) in [5.74, 6) is 6.16. The third-order valence-corrected chi connectivity index (χ3v) is 2.02. The van der Waals surface area contributed by atoms with Gasteiger partial charge in [-0.2, -0.15) is 0 Å². The molecule has 1 rings (SSSR count). The summed E-state index contributed by atoms with van der Waals surface area (Å²) >= 11 is 2.26. The number of alkyl halides is 1. The maximum Gasteiger partial charge on any atom is 0.0613 e. The van der Waals surface area contributed by atoms with E-state index in [1.54, 1.807) is 0 Å². The van der Waals surface area contributed by atoms with Crippen LogP contribution in [0.15, 0.2) is 24.3 Å². The first-order valence-electron chi connectivity index (χ1n) is 4.00. The first-order chi connectivity index (χ1) is 5.86. The molecule has 0 N–H and O–H groups in total. The number of hydrogen-bond acceptors (Lipinski definition) is 0. The Morgan fingerprint density at radius 3 is 2.92 bits per heavy atom. The van der Waals surface area contributed by atoms with Crippen LogP contribution in [0.2, 0.25) is 0 Å². The molecule has 0 spiro atoms. The highest BCUT2D eigenvalue weighted by Gasteiger charge is 1.88. The van der Waals surface area contributed by atoms with Gasteiger partial charge in [0.1, 0.15) is 0 Å². The molecule has 0 aliphatic rings. The molecular weight excluding hydrogens is 259 g/mol. The summed E-state index contributed by atoms with van der Waals surface area (Å²) in [4.78, 5) is 0.